The maximum Gasteiger partial charge on any atom is 0.191 e. The van der Waals surface area contributed by atoms with Crippen molar-refractivity contribution >= 4 is 0 Å². The van der Waals surface area contributed by atoms with E-state index in [0.717, 1.165) is 17.7 Å². The van der Waals surface area contributed by atoms with Gasteiger partial charge in [-0.05, 0) is 37.3 Å². The largest absolute Gasteiger partial charge is 0.211 e. The van der Waals surface area contributed by atoms with E-state index in [2.05, 4.69) is 10.3 Å². The van der Waals surface area contributed by atoms with Gasteiger partial charge in [-0.1, -0.05) is 22.9 Å². The van der Waals surface area contributed by atoms with E-state index in [9.17, 15) is 14.0 Å². The van der Waals surface area contributed by atoms with Crippen molar-refractivity contribution in [2.75, 3.05) is 0 Å². The van der Waals surface area contributed by atoms with Crippen LogP contribution >= 0.6 is 0 Å². The van der Waals surface area contributed by atoms with Crippen molar-refractivity contribution in [2.24, 2.45) is 0 Å². The third kappa shape index (κ3) is 2.33. The normalized spacial score (nSPS) is 10.5. The second-order valence-electron chi connectivity index (χ2n) is 4.77. The van der Waals surface area contributed by atoms with Crippen LogP contribution in [0.3, 0.4) is 0 Å². The van der Waals surface area contributed by atoms with Gasteiger partial charge in [-0.15, -0.1) is 5.10 Å². The highest BCUT2D eigenvalue weighted by Crippen LogP contribution is 2.26. The molecule has 4 nitrogen and oxygen atoms in total. The number of hydrogen-bond acceptors (Lipinski definition) is 3. The molecule has 1 heterocycles. The van der Waals surface area contributed by atoms with Crippen molar-refractivity contribution in [1.29, 1.82) is 5.26 Å². The van der Waals surface area contributed by atoms with Crippen LogP contribution in [0.1, 0.15) is 11.3 Å². The predicted octanol–water partition coefficient (Wildman–Crippen LogP) is 3.39. The van der Waals surface area contributed by atoms with Crippen LogP contribution in [0.2, 0.25) is 0 Å². The third-order valence-corrected chi connectivity index (χ3v) is 3.25. The lowest BCUT2D eigenvalue weighted by Crippen LogP contribution is -2.00. The first-order valence-corrected chi connectivity index (χ1v) is 6.48. The summed E-state index contributed by atoms with van der Waals surface area (Å²) in [6.07, 6.45) is 0. The van der Waals surface area contributed by atoms with Crippen LogP contribution in [0.15, 0.2) is 42.5 Å². The summed E-state index contributed by atoms with van der Waals surface area (Å²) in [5.41, 5.74) is 2.45. The Morgan fingerprint density at radius 1 is 1.05 bits per heavy atom. The van der Waals surface area contributed by atoms with Crippen LogP contribution in [-0.2, 0) is 0 Å². The molecule has 0 atom stereocenters. The Hall–Kier alpha value is -3.07. The first kappa shape index (κ1) is 13.9. The average molecular weight is 296 g/mol. The van der Waals surface area contributed by atoms with Crippen LogP contribution < -0.4 is 0 Å². The molecular weight excluding hydrogens is 286 g/mol. The molecule has 6 heteroatoms. The van der Waals surface area contributed by atoms with Crippen molar-refractivity contribution in [1.82, 2.24) is 15.0 Å². The molecule has 3 aromatic rings. The topological polar surface area (TPSA) is 54.5 Å². The number of aryl methyl sites for hydroxylation is 1. The smallest absolute Gasteiger partial charge is 0.191 e. The highest BCUT2D eigenvalue weighted by atomic mass is 19.2. The summed E-state index contributed by atoms with van der Waals surface area (Å²) in [5.74, 6) is -1.94. The van der Waals surface area contributed by atoms with Crippen molar-refractivity contribution < 1.29 is 8.78 Å². The summed E-state index contributed by atoms with van der Waals surface area (Å²) in [7, 11) is 0. The minimum atomic E-state index is -0.988. The van der Waals surface area contributed by atoms with E-state index in [1.165, 1.54) is 10.7 Å². The first-order valence-electron chi connectivity index (χ1n) is 6.48. The van der Waals surface area contributed by atoms with Gasteiger partial charge in [-0.25, -0.2) is 13.5 Å². The average Bonchev–Trinajstić information content (AvgIpc) is 2.94. The lowest BCUT2D eigenvalue weighted by atomic mass is 10.1. The van der Waals surface area contributed by atoms with Crippen molar-refractivity contribution in [2.45, 2.75) is 6.92 Å². The van der Waals surface area contributed by atoms with E-state index in [4.69, 9.17) is 0 Å². The van der Waals surface area contributed by atoms with Gasteiger partial charge in [-0.3, -0.25) is 0 Å². The minimum absolute atomic E-state index is 0.0478. The van der Waals surface area contributed by atoms with Crippen LogP contribution in [0, 0.1) is 29.9 Å². The van der Waals surface area contributed by atoms with E-state index < -0.39 is 11.6 Å². The summed E-state index contributed by atoms with van der Waals surface area (Å²) >= 11 is 0. The van der Waals surface area contributed by atoms with E-state index in [1.54, 1.807) is 0 Å². The molecule has 0 amide bonds. The third-order valence-electron chi connectivity index (χ3n) is 3.25. The Balaban J connectivity index is 2.21. The predicted molar refractivity (Wildman–Crippen MR) is 76.2 cm³/mol. The maximum atomic E-state index is 13.5. The highest BCUT2D eigenvalue weighted by Gasteiger charge is 2.17. The molecule has 0 aliphatic carbocycles. The molecule has 1 aromatic heterocycles. The van der Waals surface area contributed by atoms with Gasteiger partial charge >= 0.3 is 0 Å². The molecule has 0 spiro atoms. The summed E-state index contributed by atoms with van der Waals surface area (Å²) in [6, 6.07) is 12.8. The standard InChI is InChI=1S/C16H10F2N4/c1-10-2-5-12(6-3-10)22-16(15(9-19)20-21-22)11-4-7-13(17)14(18)8-11/h2-8H,1H3. The second-order valence-corrected chi connectivity index (χ2v) is 4.77. The van der Waals surface area contributed by atoms with Gasteiger partial charge in [0, 0.05) is 5.56 Å². The Morgan fingerprint density at radius 3 is 2.41 bits per heavy atom. The van der Waals surface area contributed by atoms with E-state index in [1.807, 2.05) is 37.3 Å². The van der Waals surface area contributed by atoms with Gasteiger partial charge in [0.25, 0.3) is 0 Å². The molecule has 0 saturated heterocycles. The molecule has 3 rings (SSSR count). The molecule has 0 unspecified atom stereocenters. The fourth-order valence-corrected chi connectivity index (χ4v) is 2.13. The molecule has 0 fully saturated rings. The quantitative estimate of drug-likeness (QED) is 0.728. The second kappa shape index (κ2) is 5.37. The molecule has 2 aromatic carbocycles. The van der Waals surface area contributed by atoms with Gasteiger partial charge in [0.05, 0.1) is 5.69 Å². The van der Waals surface area contributed by atoms with E-state index in [-0.39, 0.29) is 5.69 Å². The highest BCUT2D eigenvalue weighted by molar-refractivity contribution is 5.67. The van der Waals surface area contributed by atoms with Gasteiger partial charge in [0.15, 0.2) is 17.3 Å². The van der Waals surface area contributed by atoms with Crippen molar-refractivity contribution in [3.63, 3.8) is 0 Å². The zero-order chi connectivity index (χ0) is 15.7. The molecule has 0 bridgehead atoms. The summed E-state index contributed by atoms with van der Waals surface area (Å²) < 4.78 is 28.0. The Kier molecular flexibility index (Phi) is 3.39. The number of rotatable bonds is 2. The van der Waals surface area contributed by atoms with E-state index in [0.29, 0.717) is 16.9 Å². The van der Waals surface area contributed by atoms with Crippen LogP contribution in [0.4, 0.5) is 8.78 Å². The lowest BCUT2D eigenvalue weighted by Gasteiger charge is -2.07. The van der Waals surface area contributed by atoms with Crippen LogP contribution in [-0.4, -0.2) is 15.0 Å². The molecule has 22 heavy (non-hydrogen) atoms. The Morgan fingerprint density at radius 2 is 1.77 bits per heavy atom. The number of hydrogen-bond donors (Lipinski definition) is 0. The molecule has 0 saturated carbocycles. The molecule has 0 aliphatic rings. The number of nitriles is 1. The zero-order valence-electron chi connectivity index (χ0n) is 11.6. The van der Waals surface area contributed by atoms with Gasteiger partial charge in [0.2, 0.25) is 0 Å². The van der Waals surface area contributed by atoms with Crippen molar-refractivity contribution in [3.05, 3.63) is 65.4 Å². The summed E-state index contributed by atoms with van der Waals surface area (Å²) in [5, 5.41) is 16.9. The summed E-state index contributed by atoms with van der Waals surface area (Å²) in [4.78, 5) is 0. The van der Waals surface area contributed by atoms with Crippen LogP contribution in [0.25, 0.3) is 16.9 Å². The minimum Gasteiger partial charge on any atom is -0.211 e. The van der Waals surface area contributed by atoms with Gasteiger partial charge in [0.1, 0.15) is 11.8 Å². The number of benzene rings is 2. The number of aromatic nitrogens is 3. The molecule has 0 radical (unpaired) electrons. The first-order chi connectivity index (χ1) is 10.6. The number of nitrogens with zero attached hydrogens (tertiary/aromatic N) is 4. The molecule has 0 N–H and O–H groups in total. The van der Waals surface area contributed by atoms with Gasteiger partial charge in [-0.2, -0.15) is 5.26 Å². The molecular formula is C16H10F2N4. The van der Waals surface area contributed by atoms with Gasteiger partial charge < -0.3 is 0 Å². The fraction of sp³-hybridized carbons (Fsp3) is 0.0625. The SMILES string of the molecule is Cc1ccc(-n2nnc(C#N)c2-c2ccc(F)c(F)c2)cc1. The molecule has 108 valence electrons. The Bertz CT molecular complexity index is 876. The summed E-state index contributed by atoms with van der Waals surface area (Å²) in [6.45, 7) is 1.95. The van der Waals surface area contributed by atoms with E-state index >= 15 is 0 Å². The maximum absolute atomic E-state index is 13.5. The zero-order valence-corrected chi connectivity index (χ0v) is 11.6. The molecule has 0 aliphatic heterocycles. The number of halogens is 2. The lowest BCUT2D eigenvalue weighted by molar-refractivity contribution is 0.509. The monoisotopic (exact) mass is 296 g/mol. The van der Waals surface area contributed by atoms with Crippen molar-refractivity contribution in [3.8, 4) is 23.0 Å². The fourth-order valence-electron chi connectivity index (χ4n) is 2.13. The van der Waals surface area contributed by atoms with Crippen LogP contribution in [0.5, 0.6) is 0 Å². The Labute approximate surface area is 125 Å².